The molecule has 0 aromatic heterocycles. The summed E-state index contributed by atoms with van der Waals surface area (Å²) in [6.45, 7) is 0.550. The van der Waals surface area contributed by atoms with E-state index in [1.165, 1.54) is 5.01 Å². The second kappa shape index (κ2) is 7.84. The first-order valence-electron chi connectivity index (χ1n) is 8.95. The Kier molecular flexibility index (Phi) is 5.12. The molecule has 0 radical (unpaired) electrons. The van der Waals surface area contributed by atoms with Crippen LogP contribution in [0.25, 0.3) is 10.8 Å². The van der Waals surface area contributed by atoms with E-state index >= 15 is 0 Å². The van der Waals surface area contributed by atoms with Crippen LogP contribution in [0, 0.1) is 0 Å². The van der Waals surface area contributed by atoms with Gasteiger partial charge in [-0.05, 0) is 21.9 Å². The predicted octanol–water partition coefficient (Wildman–Crippen LogP) is 3.73. The van der Waals surface area contributed by atoms with Gasteiger partial charge in [-0.3, -0.25) is 9.00 Å². The van der Waals surface area contributed by atoms with Gasteiger partial charge in [0.15, 0.2) is 0 Å². The van der Waals surface area contributed by atoms with Gasteiger partial charge in [0.25, 0.3) is 5.91 Å². The lowest BCUT2D eigenvalue weighted by molar-refractivity contribution is -0.127. The summed E-state index contributed by atoms with van der Waals surface area (Å²) < 4.78 is 12.6. The van der Waals surface area contributed by atoms with Crippen LogP contribution >= 0.6 is 0 Å². The Morgan fingerprint density at radius 3 is 2.56 bits per heavy atom. The van der Waals surface area contributed by atoms with Gasteiger partial charge in [0.1, 0.15) is 5.75 Å². The molecule has 1 amide bonds. The maximum absolute atomic E-state index is 12.6. The summed E-state index contributed by atoms with van der Waals surface area (Å²) in [5, 5.41) is 8.11. The number of amides is 1. The summed E-state index contributed by atoms with van der Waals surface area (Å²) in [5.74, 6) is 0.185. The van der Waals surface area contributed by atoms with Crippen molar-refractivity contribution in [2.45, 2.75) is 12.2 Å². The van der Waals surface area contributed by atoms with E-state index in [-0.39, 0.29) is 11.7 Å². The molecular formula is C22H20N2O2S. The number of carbonyl (C=O) groups is 1. The van der Waals surface area contributed by atoms with Crippen LogP contribution in [0.4, 0.5) is 0 Å². The topological polar surface area (TPSA) is 49.7 Å². The fourth-order valence-electron chi connectivity index (χ4n) is 3.33. The molecule has 0 saturated heterocycles. The van der Waals surface area contributed by atoms with Crippen molar-refractivity contribution in [3.8, 4) is 0 Å². The van der Waals surface area contributed by atoms with Crippen LogP contribution in [-0.4, -0.2) is 33.1 Å². The number of fused-ring (bicyclic) bond motifs is 1. The van der Waals surface area contributed by atoms with Crippen LogP contribution in [0.3, 0.4) is 0 Å². The lowest BCUT2D eigenvalue weighted by Crippen LogP contribution is -2.28. The molecule has 1 atom stereocenters. The summed E-state index contributed by atoms with van der Waals surface area (Å²) >= 11 is 0. The number of carbonyl (C=O) groups excluding carboxylic acids is 1. The SMILES string of the molecule is O=C(CS(=O)Cc1cccc2ccccc12)N1CCC(c2ccccc2)=N1. The second-order valence-electron chi connectivity index (χ2n) is 6.55. The number of rotatable bonds is 5. The summed E-state index contributed by atoms with van der Waals surface area (Å²) in [6, 6.07) is 23.9. The Bertz CT molecular complexity index is 1030. The molecule has 1 unspecified atom stereocenters. The first-order valence-corrected chi connectivity index (χ1v) is 10.4. The van der Waals surface area contributed by atoms with Gasteiger partial charge in [0.05, 0.1) is 12.3 Å². The number of hydrazone groups is 1. The van der Waals surface area contributed by atoms with Crippen LogP contribution in [0.2, 0.25) is 0 Å². The van der Waals surface area contributed by atoms with Gasteiger partial charge in [0, 0.05) is 23.0 Å². The van der Waals surface area contributed by atoms with Crippen LogP contribution < -0.4 is 0 Å². The molecule has 5 heteroatoms. The zero-order chi connectivity index (χ0) is 18.6. The smallest absolute Gasteiger partial charge is 0.255 e. The van der Waals surface area contributed by atoms with Crippen molar-refractivity contribution in [3.05, 3.63) is 83.9 Å². The maximum atomic E-state index is 12.6. The van der Waals surface area contributed by atoms with E-state index in [0.29, 0.717) is 12.3 Å². The standard InChI is InChI=1S/C22H20N2O2S/c25-22(24-14-13-21(23-24)18-8-2-1-3-9-18)16-27(26)15-19-11-6-10-17-7-4-5-12-20(17)19/h1-12H,13-16H2. The molecule has 3 aromatic rings. The zero-order valence-corrected chi connectivity index (χ0v) is 15.7. The average Bonchev–Trinajstić information content (AvgIpc) is 3.19. The highest BCUT2D eigenvalue weighted by Gasteiger charge is 2.23. The van der Waals surface area contributed by atoms with Gasteiger partial charge < -0.3 is 0 Å². The third-order valence-corrected chi connectivity index (χ3v) is 5.88. The van der Waals surface area contributed by atoms with E-state index in [1.807, 2.05) is 72.8 Å². The number of nitrogens with zero attached hydrogens (tertiary/aromatic N) is 2. The molecule has 0 saturated carbocycles. The average molecular weight is 376 g/mol. The third kappa shape index (κ3) is 3.98. The molecule has 4 rings (SSSR count). The molecule has 0 bridgehead atoms. The van der Waals surface area contributed by atoms with Gasteiger partial charge in [-0.1, -0.05) is 72.8 Å². The molecule has 3 aromatic carbocycles. The Morgan fingerprint density at radius 2 is 1.70 bits per heavy atom. The largest absolute Gasteiger partial charge is 0.272 e. The first kappa shape index (κ1) is 17.6. The van der Waals surface area contributed by atoms with Crippen LogP contribution in [0.15, 0.2) is 77.9 Å². The quantitative estimate of drug-likeness (QED) is 0.681. The van der Waals surface area contributed by atoms with Gasteiger partial charge >= 0.3 is 0 Å². The predicted molar refractivity (Wildman–Crippen MR) is 110 cm³/mol. The molecule has 1 aliphatic heterocycles. The molecule has 0 fully saturated rings. The van der Waals surface area contributed by atoms with Crippen molar-refractivity contribution in [1.82, 2.24) is 5.01 Å². The number of hydrogen-bond acceptors (Lipinski definition) is 3. The van der Waals surface area contributed by atoms with Crippen LogP contribution in [0.5, 0.6) is 0 Å². The minimum absolute atomic E-state index is 0.00517. The van der Waals surface area contributed by atoms with Crippen molar-refractivity contribution in [3.63, 3.8) is 0 Å². The van der Waals surface area contributed by atoms with Crippen LogP contribution in [-0.2, 0) is 21.3 Å². The molecular weight excluding hydrogens is 356 g/mol. The molecule has 1 heterocycles. The minimum Gasteiger partial charge on any atom is -0.272 e. The van der Waals surface area contributed by atoms with Crippen molar-refractivity contribution < 1.29 is 9.00 Å². The first-order chi connectivity index (χ1) is 13.2. The normalized spacial score (nSPS) is 15.0. The summed E-state index contributed by atoms with van der Waals surface area (Å²) in [5.41, 5.74) is 2.95. The molecule has 27 heavy (non-hydrogen) atoms. The Morgan fingerprint density at radius 1 is 0.963 bits per heavy atom. The van der Waals surface area contributed by atoms with E-state index in [1.54, 1.807) is 0 Å². The van der Waals surface area contributed by atoms with Gasteiger partial charge in [-0.15, -0.1) is 0 Å². The zero-order valence-electron chi connectivity index (χ0n) is 14.9. The van der Waals surface area contributed by atoms with E-state index in [0.717, 1.165) is 34.0 Å². The van der Waals surface area contributed by atoms with Crippen molar-refractivity contribution in [2.24, 2.45) is 5.10 Å². The van der Waals surface area contributed by atoms with E-state index in [9.17, 15) is 9.00 Å². The number of hydrogen-bond donors (Lipinski definition) is 0. The summed E-state index contributed by atoms with van der Waals surface area (Å²) in [6.07, 6.45) is 0.728. The molecule has 0 N–H and O–H groups in total. The summed E-state index contributed by atoms with van der Waals surface area (Å²) in [4.78, 5) is 12.5. The van der Waals surface area contributed by atoms with Crippen molar-refractivity contribution >= 4 is 33.2 Å². The molecule has 0 spiro atoms. The van der Waals surface area contributed by atoms with Crippen molar-refractivity contribution in [2.75, 3.05) is 12.3 Å². The number of benzene rings is 3. The van der Waals surface area contributed by atoms with Crippen molar-refractivity contribution in [1.29, 1.82) is 0 Å². The lowest BCUT2D eigenvalue weighted by Gasteiger charge is -2.11. The third-order valence-electron chi connectivity index (χ3n) is 4.68. The van der Waals surface area contributed by atoms with Gasteiger partial charge in [-0.25, -0.2) is 5.01 Å². The molecule has 1 aliphatic rings. The van der Waals surface area contributed by atoms with Gasteiger partial charge in [-0.2, -0.15) is 5.10 Å². The monoisotopic (exact) mass is 376 g/mol. The second-order valence-corrected chi connectivity index (χ2v) is 8.00. The summed E-state index contributed by atoms with van der Waals surface area (Å²) in [7, 11) is -1.27. The molecule has 136 valence electrons. The van der Waals surface area contributed by atoms with E-state index in [2.05, 4.69) is 5.10 Å². The highest BCUT2D eigenvalue weighted by molar-refractivity contribution is 7.84. The minimum atomic E-state index is -1.27. The highest BCUT2D eigenvalue weighted by Crippen LogP contribution is 2.20. The fraction of sp³-hybridized carbons (Fsp3) is 0.182. The van der Waals surface area contributed by atoms with Crippen LogP contribution in [0.1, 0.15) is 17.5 Å². The highest BCUT2D eigenvalue weighted by atomic mass is 32.2. The van der Waals surface area contributed by atoms with E-state index < -0.39 is 10.8 Å². The molecule has 0 aliphatic carbocycles. The Balaban J connectivity index is 1.42. The van der Waals surface area contributed by atoms with E-state index in [4.69, 9.17) is 0 Å². The Hall–Kier alpha value is -2.79. The fourth-order valence-corrected chi connectivity index (χ4v) is 4.45. The molecule has 4 nitrogen and oxygen atoms in total. The lowest BCUT2D eigenvalue weighted by atomic mass is 10.1. The Labute approximate surface area is 161 Å². The van der Waals surface area contributed by atoms with Gasteiger partial charge in [0.2, 0.25) is 0 Å². The maximum Gasteiger partial charge on any atom is 0.255 e.